The third-order valence-corrected chi connectivity index (χ3v) is 4.23. The Hall–Kier alpha value is -1.56. The van der Waals surface area contributed by atoms with E-state index in [0.717, 1.165) is 12.8 Å². The van der Waals surface area contributed by atoms with Crippen LogP contribution in [0.25, 0.3) is 0 Å². The molecule has 0 radical (unpaired) electrons. The van der Waals surface area contributed by atoms with E-state index in [0.29, 0.717) is 4.90 Å². The summed E-state index contributed by atoms with van der Waals surface area (Å²) in [7, 11) is 1.34. The van der Waals surface area contributed by atoms with Crippen LogP contribution in [0.1, 0.15) is 12.8 Å². The summed E-state index contributed by atoms with van der Waals surface area (Å²) in [5.74, 6) is -0.0251. The van der Waals surface area contributed by atoms with Gasteiger partial charge < -0.3 is 4.74 Å². The van der Waals surface area contributed by atoms with Crippen LogP contribution in [0, 0.1) is 16.0 Å². The first-order valence-electron chi connectivity index (χ1n) is 5.61. The average Bonchev–Trinajstić information content (AvgIpc) is 3.19. The van der Waals surface area contributed by atoms with Gasteiger partial charge in [-0.3, -0.25) is 14.9 Å². The van der Waals surface area contributed by atoms with Gasteiger partial charge >= 0.3 is 5.97 Å². The summed E-state index contributed by atoms with van der Waals surface area (Å²) in [6.45, 7) is 0. The number of nitro benzene ring substituents is 1. The molecule has 18 heavy (non-hydrogen) atoms. The number of nitro groups is 1. The lowest BCUT2D eigenvalue weighted by atomic mass is 10.3. The quantitative estimate of drug-likeness (QED) is 0.355. The summed E-state index contributed by atoms with van der Waals surface area (Å²) in [5.41, 5.74) is 0.0389. The topological polar surface area (TPSA) is 69.4 Å². The Morgan fingerprint density at radius 3 is 2.72 bits per heavy atom. The number of esters is 1. The molecule has 0 aromatic heterocycles. The van der Waals surface area contributed by atoms with Gasteiger partial charge in [0.05, 0.1) is 16.9 Å². The van der Waals surface area contributed by atoms with Gasteiger partial charge in [0.2, 0.25) is 0 Å². The maximum absolute atomic E-state index is 11.7. The number of carbonyl (C=O) groups is 1. The first-order chi connectivity index (χ1) is 8.63. The van der Waals surface area contributed by atoms with Crippen molar-refractivity contribution >= 4 is 23.4 Å². The van der Waals surface area contributed by atoms with E-state index in [1.54, 1.807) is 18.2 Å². The SMILES string of the molecule is COC(=O)C(Sc1ccccc1[N+](=O)[O-])C1CC1. The first-order valence-corrected chi connectivity index (χ1v) is 6.49. The molecule has 2 rings (SSSR count). The second-order valence-corrected chi connectivity index (χ2v) is 5.31. The molecule has 0 heterocycles. The Balaban J connectivity index is 2.21. The minimum atomic E-state index is -0.427. The monoisotopic (exact) mass is 267 g/mol. The molecule has 1 atom stereocenters. The van der Waals surface area contributed by atoms with Gasteiger partial charge in [-0.25, -0.2) is 0 Å². The standard InChI is InChI=1S/C12H13NO4S/c1-17-12(14)11(8-6-7-8)18-10-5-3-2-4-9(10)13(15)16/h2-5,8,11H,6-7H2,1H3. The van der Waals surface area contributed by atoms with E-state index in [1.165, 1.54) is 24.9 Å². The van der Waals surface area contributed by atoms with Crippen LogP contribution in [0.15, 0.2) is 29.2 Å². The summed E-state index contributed by atoms with van der Waals surface area (Å²) in [4.78, 5) is 22.7. The number of nitrogens with zero attached hydrogens (tertiary/aromatic N) is 1. The zero-order valence-electron chi connectivity index (χ0n) is 9.87. The summed E-state index contributed by atoms with van der Waals surface area (Å²) in [6.07, 6.45) is 1.96. The number of benzene rings is 1. The molecule has 1 saturated carbocycles. The highest BCUT2D eigenvalue weighted by atomic mass is 32.2. The fourth-order valence-corrected chi connectivity index (χ4v) is 3.05. The molecule has 0 N–H and O–H groups in total. The molecule has 5 nitrogen and oxygen atoms in total. The Morgan fingerprint density at radius 1 is 1.50 bits per heavy atom. The average molecular weight is 267 g/mol. The molecule has 6 heteroatoms. The van der Waals surface area contributed by atoms with E-state index in [4.69, 9.17) is 4.74 Å². The number of hydrogen-bond donors (Lipinski definition) is 0. The van der Waals surface area contributed by atoms with E-state index in [9.17, 15) is 14.9 Å². The van der Waals surface area contributed by atoms with Crippen molar-refractivity contribution in [1.82, 2.24) is 0 Å². The smallest absolute Gasteiger partial charge is 0.319 e. The minimum Gasteiger partial charge on any atom is -0.468 e. The van der Waals surface area contributed by atoms with Crippen LogP contribution in [0.2, 0.25) is 0 Å². The number of methoxy groups -OCH3 is 1. The predicted molar refractivity (Wildman–Crippen MR) is 67.5 cm³/mol. The van der Waals surface area contributed by atoms with E-state index in [2.05, 4.69) is 0 Å². The highest BCUT2D eigenvalue weighted by Crippen LogP contribution is 2.44. The van der Waals surface area contributed by atoms with E-state index < -0.39 is 4.92 Å². The summed E-state index contributed by atoms with van der Waals surface area (Å²) < 4.78 is 4.76. The summed E-state index contributed by atoms with van der Waals surface area (Å²) >= 11 is 1.23. The number of carbonyl (C=O) groups excluding carboxylic acids is 1. The zero-order chi connectivity index (χ0) is 13.1. The van der Waals surface area contributed by atoms with Gasteiger partial charge in [0.25, 0.3) is 5.69 Å². The third-order valence-electron chi connectivity index (χ3n) is 2.80. The lowest BCUT2D eigenvalue weighted by molar-refractivity contribution is -0.387. The minimum absolute atomic E-state index is 0.0389. The molecule has 1 unspecified atom stereocenters. The van der Waals surface area contributed by atoms with Crippen molar-refractivity contribution < 1.29 is 14.5 Å². The number of ether oxygens (including phenoxy) is 1. The first kappa shape index (κ1) is 12.9. The Labute approximate surface area is 109 Å². The van der Waals surface area contributed by atoms with Crippen molar-refractivity contribution in [3.05, 3.63) is 34.4 Å². The van der Waals surface area contributed by atoms with Crippen molar-refractivity contribution in [2.75, 3.05) is 7.11 Å². The van der Waals surface area contributed by atoms with Crippen LogP contribution in [0.3, 0.4) is 0 Å². The maximum Gasteiger partial charge on any atom is 0.319 e. The Bertz CT molecular complexity index is 473. The highest BCUT2D eigenvalue weighted by molar-refractivity contribution is 8.00. The fourth-order valence-electron chi connectivity index (χ4n) is 1.70. The second kappa shape index (κ2) is 5.39. The highest BCUT2D eigenvalue weighted by Gasteiger charge is 2.38. The molecule has 0 aliphatic heterocycles. The predicted octanol–water partition coefficient (Wildman–Crippen LogP) is 2.64. The van der Waals surface area contributed by atoms with Crippen LogP contribution in [0.5, 0.6) is 0 Å². The summed E-state index contributed by atoms with van der Waals surface area (Å²) in [5, 5.41) is 10.6. The van der Waals surface area contributed by atoms with E-state index in [1.807, 2.05) is 0 Å². The van der Waals surface area contributed by atoms with E-state index in [-0.39, 0.29) is 22.8 Å². The second-order valence-electron chi connectivity index (χ2n) is 4.12. The maximum atomic E-state index is 11.7. The van der Waals surface area contributed by atoms with Crippen LogP contribution < -0.4 is 0 Å². The molecular formula is C12H13NO4S. The van der Waals surface area contributed by atoms with Crippen LogP contribution in [-0.4, -0.2) is 23.3 Å². The van der Waals surface area contributed by atoms with Gasteiger partial charge in [-0.15, -0.1) is 11.8 Å². The van der Waals surface area contributed by atoms with Gasteiger partial charge in [0, 0.05) is 6.07 Å². The van der Waals surface area contributed by atoms with Crippen LogP contribution >= 0.6 is 11.8 Å². The van der Waals surface area contributed by atoms with Crippen LogP contribution in [0.4, 0.5) is 5.69 Å². The number of hydrogen-bond acceptors (Lipinski definition) is 5. The molecule has 0 saturated heterocycles. The van der Waals surface area contributed by atoms with Crippen molar-refractivity contribution in [3.8, 4) is 0 Å². The molecule has 0 amide bonds. The molecule has 0 bridgehead atoms. The molecule has 0 spiro atoms. The van der Waals surface area contributed by atoms with Gasteiger partial charge in [0.15, 0.2) is 0 Å². The molecule has 1 aromatic rings. The van der Waals surface area contributed by atoms with E-state index >= 15 is 0 Å². The lowest BCUT2D eigenvalue weighted by Gasteiger charge is -2.13. The third kappa shape index (κ3) is 2.81. The largest absolute Gasteiger partial charge is 0.468 e. The fraction of sp³-hybridized carbons (Fsp3) is 0.417. The van der Waals surface area contributed by atoms with Crippen molar-refractivity contribution in [2.24, 2.45) is 5.92 Å². The van der Waals surface area contributed by atoms with Crippen molar-refractivity contribution in [1.29, 1.82) is 0 Å². The molecule has 1 aromatic carbocycles. The van der Waals surface area contributed by atoms with Crippen LogP contribution in [-0.2, 0) is 9.53 Å². The van der Waals surface area contributed by atoms with Gasteiger partial charge in [-0.1, -0.05) is 12.1 Å². The Morgan fingerprint density at radius 2 is 2.17 bits per heavy atom. The lowest BCUT2D eigenvalue weighted by Crippen LogP contribution is -2.20. The van der Waals surface area contributed by atoms with Crippen molar-refractivity contribution in [3.63, 3.8) is 0 Å². The van der Waals surface area contributed by atoms with Gasteiger partial charge in [-0.2, -0.15) is 0 Å². The molecule has 1 aliphatic carbocycles. The molecule has 96 valence electrons. The normalized spacial score (nSPS) is 16.1. The van der Waals surface area contributed by atoms with Crippen molar-refractivity contribution in [2.45, 2.75) is 23.0 Å². The number of thioether (sulfide) groups is 1. The Kier molecular flexibility index (Phi) is 3.86. The van der Waals surface area contributed by atoms with Gasteiger partial charge in [-0.05, 0) is 24.8 Å². The number of rotatable bonds is 5. The molecular weight excluding hydrogens is 254 g/mol. The molecule has 1 aliphatic rings. The van der Waals surface area contributed by atoms with Gasteiger partial charge in [0.1, 0.15) is 5.25 Å². The zero-order valence-corrected chi connectivity index (χ0v) is 10.7. The number of para-hydroxylation sites is 1. The molecule has 1 fully saturated rings. The summed E-state index contributed by atoms with van der Waals surface area (Å²) in [6, 6.07) is 6.47.